The highest BCUT2D eigenvalue weighted by Gasteiger charge is 2.35. The summed E-state index contributed by atoms with van der Waals surface area (Å²) in [7, 11) is -3.15. The van der Waals surface area contributed by atoms with E-state index in [1.54, 1.807) is 23.1 Å². The van der Waals surface area contributed by atoms with Gasteiger partial charge in [-0.3, -0.25) is 4.79 Å². The molecule has 0 spiro atoms. The Morgan fingerprint density at radius 3 is 2.58 bits per heavy atom. The zero-order valence-electron chi connectivity index (χ0n) is 17.5. The van der Waals surface area contributed by atoms with Gasteiger partial charge in [-0.15, -0.1) is 10.2 Å². The number of thioether (sulfide) groups is 1. The average molecular weight is 488 g/mol. The Balaban J connectivity index is 1.26. The molecule has 5 rings (SSSR count). The minimum Gasteiger partial charge on any atom is -0.485 e. The van der Waals surface area contributed by atoms with Crippen molar-refractivity contribution in [3.05, 3.63) is 60.5 Å². The first-order valence-corrected chi connectivity index (χ1v) is 13.2. The number of benzene rings is 2. The Morgan fingerprint density at radius 1 is 1.06 bits per heavy atom. The smallest absolute Gasteiger partial charge is 0.277 e. The number of anilines is 1. The van der Waals surface area contributed by atoms with Gasteiger partial charge in [-0.25, -0.2) is 8.42 Å². The maximum absolute atomic E-state index is 13.1. The van der Waals surface area contributed by atoms with Gasteiger partial charge in [0.1, 0.15) is 6.61 Å². The largest absolute Gasteiger partial charge is 0.485 e. The van der Waals surface area contributed by atoms with E-state index in [9.17, 15) is 13.2 Å². The molecule has 0 bridgehead atoms. The molecular formula is C22H21N3O6S2. The summed E-state index contributed by atoms with van der Waals surface area (Å²) < 4.78 is 41.3. The molecule has 1 fully saturated rings. The Morgan fingerprint density at radius 2 is 1.82 bits per heavy atom. The maximum atomic E-state index is 13.1. The number of amides is 1. The molecule has 0 saturated carbocycles. The number of carbonyl (C=O) groups is 1. The molecule has 0 unspecified atom stereocenters. The van der Waals surface area contributed by atoms with Gasteiger partial charge in [0.2, 0.25) is 12.0 Å². The first kappa shape index (κ1) is 21.8. The normalized spacial score (nSPS) is 21.0. The molecule has 9 nitrogen and oxygen atoms in total. The van der Waals surface area contributed by atoms with Crippen LogP contribution in [0.15, 0.2) is 64.2 Å². The highest BCUT2D eigenvalue weighted by Crippen LogP contribution is 2.36. The monoisotopic (exact) mass is 487 g/mol. The summed E-state index contributed by atoms with van der Waals surface area (Å²) in [5, 5.41) is 8.29. The van der Waals surface area contributed by atoms with Crippen LogP contribution in [0.1, 0.15) is 18.4 Å². The summed E-state index contributed by atoms with van der Waals surface area (Å²) in [6, 6.07) is 16.0. The second-order valence-corrected chi connectivity index (χ2v) is 10.9. The van der Waals surface area contributed by atoms with Crippen molar-refractivity contribution >= 4 is 33.2 Å². The molecule has 33 heavy (non-hydrogen) atoms. The van der Waals surface area contributed by atoms with Gasteiger partial charge in [-0.1, -0.05) is 42.1 Å². The van der Waals surface area contributed by atoms with Crippen LogP contribution in [-0.4, -0.2) is 54.4 Å². The number of sulfone groups is 1. The molecular weight excluding hydrogens is 466 g/mol. The molecule has 11 heteroatoms. The molecule has 1 amide bonds. The van der Waals surface area contributed by atoms with Crippen LogP contribution >= 0.6 is 11.8 Å². The summed E-state index contributed by atoms with van der Waals surface area (Å²) in [5.74, 6) is 1.37. The fraction of sp³-hybridized carbons (Fsp3) is 0.318. The maximum Gasteiger partial charge on any atom is 0.277 e. The number of carbonyl (C=O) groups excluding carboxylic acids is 1. The van der Waals surface area contributed by atoms with Crippen molar-refractivity contribution in [2.24, 2.45) is 0 Å². The van der Waals surface area contributed by atoms with Crippen LogP contribution in [0, 0.1) is 0 Å². The second kappa shape index (κ2) is 9.06. The van der Waals surface area contributed by atoms with Crippen molar-refractivity contribution in [2.75, 3.05) is 28.8 Å². The van der Waals surface area contributed by atoms with Gasteiger partial charge in [0.15, 0.2) is 21.3 Å². The summed E-state index contributed by atoms with van der Waals surface area (Å²) in [5.41, 5.74) is 0.669. The molecule has 0 aliphatic carbocycles. The molecule has 3 heterocycles. The zero-order valence-corrected chi connectivity index (χ0v) is 19.1. The number of ether oxygens (including phenoxy) is 2. The molecule has 1 saturated heterocycles. The second-order valence-electron chi connectivity index (χ2n) is 7.72. The van der Waals surface area contributed by atoms with E-state index in [1.165, 1.54) is 0 Å². The predicted octanol–water partition coefficient (Wildman–Crippen LogP) is 2.89. The van der Waals surface area contributed by atoms with Crippen molar-refractivity contribution in [3.63, 3.8) is 0 Å². The van der Waals surface area contributed by atoms with E-state index in [-0.39, 0.29) is 40.9 Å². The van der Waals surface area contributed by atoms with E-state index in [2.05, 4.69) is 10.2 Å². The van der Waals surface area contributed by atoms with E-state index >= 15 is 0 Å². The first-order valence-electron chi connectivity index (χ1n) is 10.4. The molecule has 0 N–H and O–H groups in total. The molecule has 2 atom stereocenters. The van der Waals surface area contributed by atoms with Crippen molar-refractivity contribution in [1.82, 2.24) is 10.2 Å². The summed E-state index contributed by atoms with van der Waals surface area (Å²) in [6.45, 7) is 0.236. The van der Waals surface area contributed by atoms with Crippen molar-refractivity contribution in [1.29, 1.82) is 0 Å². The van der Waals surface area contributed by atoms with Crippen molar-refractivity contribution in [3.8, 4) is 11.5 Å². The third-order valence-corrected chi connectivity index (χ3v) is 7.96. The Kier molecular flexibility index (Phi) is 5.98. The van der Waals surface area contributed by atoms with Gasteiger partial charge in [-0.2, -0.15) is 0 Å². The van der Waals surface area contributed by atoms with Gasteiger partial charge < -0.3 is 18.8 Å². The topological polar surface area (TPSA) is 112 Å². The fourth-order valence-electron chi connectivity index (χ4n) is 3.87. The Hall–Kier alpha value is -3.05. The Bertz CT molecular complexity index is 1250. The number of nitrogens with zero attached hydrogens (tertiary/aromatic N) is 3. The average Bonchev–Trinajstić information content (AvgIpc) is 3.44. The lowest BCUT2D eigenvalue weighted by Gasteiger charge is -2.28. The molecule has 1 aromatic heterocycles. The molecule has 0 radical (unpaired) electrons. The van der Waals surface area contributed by atoms with Crippen LogP contribution < -0.4 is 14.4 Å². The lowest BCUT2D eigenvalue weighted by Crippen LogP contribution is -2.42. The number of fused-ring (bicyclic) bond motifs is 1. The minimum absolute atomic E-state index is 0.0257. The predicted molar refractivity (Wildman–Crippen MR) is 121 cm³/mol. The van der Waals surface area contributed by atoms with E-state index in [1.807, 2.05) is 36.4 Å². The highest BCUT2D eigenvalue weighted by atomic mass is 32.2. The molecule has 2 aliphatic heterocycles. The van der Waals surface area contributed by atoms with Gasteiger partial charge in [-0.05, 0) is 30.7 Å². The lowest BCUT2D eigenvalue weighted by molar-refractivity contribution is -0.116. The van der Waals surface area contributed by atoms with Gasteiger partial charge in [0.25, 0.3) is 11.1 Å². The molecule has 172 valence electrons. The van der Waals surface area contributed by atoms with E-state index < -0.39 is 22.0 Å². The molecule has 2 aliphatic rings. The van der Waals surface area contributed by atoms with Gasteiger partial charge in [0, 0.05) is 5.69 Å². The summed E-state index contributed by atoms with van der Waals surface area (Å²) >= 11 is 1.10. The van der Waals surface area contributed by atoms with Crippen LogP contribution in [0.5, 0.6) is 11.5 Å². The van der Waals surface area contributed by atoms with Gasteiger partial charge >= 0.3 is 0 Å². The lowest BCUT2D eigenvalue weighted by atomic mass is 10.2. The SMILES string of the molecule is O=C(CSc1nnc([C@H]2COc3ccccc3O2)o1)N(c1ccccc1)[C@@H]1CCS(=O)(=O)C1. The van der Waals surface area contributed by atoms with Crippen molar-refractivity contribution < 1.29 is 27.1 Å². The number of rotatable bonds is 6. The van der Waals surface area contributed by atoms with Crippen LogP contribution in [-0.2, 0) is 14.6 Å². The number of hydrogen-bond donors (Lipinski definition) is 0. The van der Waals surface area contributed by atoms with Crippen molar-refractivity contribution in [2.45, 2.75) is 23.8 Å². The minimum atomic E-state index is -3.15. The van der Waals surface area contributed by atoms with E-state index in [0.29, 0.717) is 23.6 Å². The summed E-state index contributed by atoms with van der Waals surface area (Å²) in [6.07, 6.45) is -0.124. The third kappa shape index (κ3) is 4.83. The van der Waals surface area contributed by atoms with E-state index in [0.717, 1.165) is 11.8 Å². The third-order valence-electron chi connectivity index (χ3n) is 5.40. The number of aromatic nitrogens is 2. The highest BCUT2D eigenvalue weighted by molar-refractivity contribution is 7.99. The molecule has 2 aromatic carbocycles. The standard InChI is InChI=1S/C22H21N3O6S2/c26-20(25(15-6-2-1-3-7-15)16-10-11-33(27,28)14-16)13-32-22-24-23-21(31-22)19-12-29-17-8-4-5-9-18(17)30-19/h1-9,16,19H,10-14H2/t16-,19-/m1/s1. The summed E-state index contributed by atoms with van der Waals surface area (Å²) in [4.78, 5) is 14.7. The van der Waals surface area contributed by atoms with Crippen LogP contribution in [0.2, 0.25) is 0 Å². The van der Waals surface area contributed by atoms with Gasteiger partial charge in [0.05, 0.1) is 23.3 Å². The van der Waals surface area contributed by atoms with Crippen LogP contribution in [0.3, 0.4) is 0 Å². The van der Waals surface area contributed by atoms with E-state index in [4.69, 9.17) is 13.9 Å². The van der Waals surface area contributed by atoms with Crippen LogP contribution in [0.25, 0.3) is 0 Å². The zero-order chi connectivity index (χ0) is 22.8. The number of para-hydroxylation sites is 3. The fourth-order valence-corrected chi connectivity index (χ4v) is 6.20. The van der Waals surface area contributed by atoms with Crippen LogP contribution in [0.4, 0.5) is 5.69 Å². The quantitative estimate of drug-likeness (QED) is 0.484. The Labute approximate surface area is 195 Å². The first-order chi connectivity index (χ1) is 16.0. The number of hydrogen-bond acceptors (Lipinski definition) is 9. The molecule has 3 aromatic rings.